The summed E-state index contributed by atoms with van der Waals surface area (Å²) < 4.78 is 4.81. The highest BCUT2D eigenvalue weighted by molar-refractivity contribution is 5.83. The molecule has 0 aromatic rings. The van der Waals surface area contributed by atoms with E-state index in [4.69, 9.17) is 9.84 Å². The van der Waals surface area contributed by atoms with Gasteiger partial charge in [-0.25, -0.2) is 9.59 Å². The topological polar surface area (TPSA) is 66.8 Å². The van der Waals surface area contributed by atoms with Crippen LogP contribution in [0.5, 0.6) is 0 Å². The van der Waals surface area contributed by atoms with E-state index in [1.807, 2.05) is 0 Å². The summed E-state index contributed by atoms with van der Waals surface area (Å²) in [5.74, 6) is -0.799. The monoisotopic (exact) mass is 183 g/mol. The number of hydrogen-bond donors (Lipinski definition) is 1. The highest BCUT2D eigenvalue weighted by atomic mass is 16.6. The molecule has 0 radical (unpaired) electrons. The first-order valence-corrected chi connectivity index (χ1v) is 4.11. The van der Waals surface area contributed by atoms with Crippen LogP contribution in [0, 0.1) is 0 Å². The summed E-state index contributed by atoms with van der Waals surface area (Å²) in [5.41, 5.74) is 0. The van der Waals surface area contributed by atoms with Crippen LogP contribution in [0.2, 0.25) is 0 Å². The van der Waals surface area contributed by atoms with E-state index >= 15 is 0 Å². The van der Waals surface area contributed by atoms with Gasteiger partial charge in [0.05, 0.1) is 12.1 Å². The molecule has 2 fully saturated rings. The lowest BCUT2D eigenvalue weighted by atomic mass is 10.2. The van der Waals surface area contributed by atoms with E-state index in [0.29, 0.717) is 6.54 Å². The highest BCUT2D eigenvalue weighted by Crippen LogP contribution is 2.31. The average Bonchev–Trinajstić information content (AvgIpc) is 2.56. The van der Waals surface area contributed by atoms with Gasteiger partial charge in [-0.05, 0) is 12.8 Å². The maximum Gasteiger partial charge on any atom is 0.415 e. The van der Waals surface area contributed by atoms with Gasteiger partial charge in [-0.1, -0.05) is 0 Å². The van der Waals surface area contributed by atoms with E-state index in [9.17, 15) is 9.59 Å². The van der Waals surface area contributed by atoms with Crippen LogP contribution in [-0.2, 0) is 9.53 Å². The molecule has 2 aliphatic rings. The molecule has 0 spiro atoms. The summed E-state index contributed by atoms with van der Waals surface area (Å²) in [7, 11) is 0. The maximum absolute atomic E-state index is 11.1. The van der Waals surface area contributed by atoms with E-state index < -0.39 is 12.1 Å². The van der Waals surface area contributed by atoms with Crippen LogP contribution in [0.3, 0.4) is 0 Å². The first-order chi connectivity index (χ1) is 6.18. The van der Waals surface area contributed by atoms with Gasteiger partial charge in [0.25, 0.3) is 0 Å². The van der Waals surface area contributed by atoms with Gasteiger partial charge in [-0.3, -0.25) is 4.90 Å². The van der Waals surface area contributed by atoms with Crippen molar-refractivity contribution in [3.8, 4) is 0 Å². The van der Waals surface area contributed by atoms with Crippen LogP contribution >= 0.6 is 0 Å². The van der Waals surface area contributed by atoms with Crippen molar-refractivity contribution in [3.05, 3.63) is 11.8 Å². The fourth-order valence-corrected chi connectivity index (χ4v) is 1.76. The zero-order valence-corrected chi connectivity index (χ0v) is 6.90. The number of rotatable bonds is 1. The minimum atomic E-state index is -1.07. The predicted octanol–water partition coefficient (Wildman–Crippen LogP) is 0.570. The molecule has 13 heavy (non-hydrogen) atoms. The first-order valence-electron chi connectivity index (χ1n) is 4.11. The van der Waals surface area contributed by atoms with Crippen LogP contribution in [-0.4, -0.2) is 34.7 Å². The van der Waals surface area contributed by atoms with E-state index in [1.54, 1.807) is 4.90 Å². The molecule has 2 saturated heterocycles. The van der Waals surface area contributed by atoms with E-state index in [2.05, 4.69) is 0 Å². The number of carboxylic acid groups (broad SMARTS) is 1. The molecule has 2 aliphatic heterocycles. The third kappa shape index (κ3) is 1.26. The van der Waals surface area contributed by atoms with Crippen LogP contribution in [0.4, 0.5) is 4.79 Å². The Morgan fingerprint density at radius 3 is 3.15 bits per heavy atom. The Kier molecular flexibility index (Phi) is 1.72. The third-order valence-corrected chi connectivity index (χ3v) is 2.29. The number of hydrogen-bond acceptors (Lipinski definition) is 3. The SMILES string of the molecule is O=C(O)/C=C1/OC(=O)N2CCC[C@H]12. The molecular formula is C8H9NO4. The Labute approximate surface area is 74.6 Å². The molecule has 5 heteroatoms. The molecular weight excluding hydrogens is 174 g/mol. The fourth-order valence-electron chi connectivity index (χ4n) is 1.76. The predicted molar refractivity (Wildman–Crippen MR) is 41.9 cm³/mol. The lowest BCUT2D eigenvalue weighted by molar-refractivity contribution is -0.131. The summed E-state index contributed by atoms with van der Waals surface area (Å²) in [6, 6.07) is -0.136. The molecule has 0 aromatic carbocycles. The molecule has 1 amide bonds. The lowest BCUT2D eigenvalue weighted by Crippen LogP contribution is -2.26. The number of carboxylic acids is 1. The van der Waals surface area contributed by atoms with Gasteiger partial charge in [0.1, 0.15) is 5.76 Å². The Morgan fingerprint density at radius 1 is 1.69 bits per heavy atom. The lowest BCUT2D eigenvalue weighted by Gasteiger charge is -2.08. The van der Waals surface area contributed by atoms with Gasteiger partial charge in [-0.15, -0.1) is 0 Å². The minimum Gasteiger partial charge on any atom is -0.478 e. The molecule has 0 aromatic heterocycles. The third-order valence-electron chi connectivity index (χ3n) is 2.29. The molecule has 70 valence electrons. The van der Waals surface area contributed by atoms with E-state index in [0.717, 1.165) is 18.9 Å². The molecule has 1 N–H and O–H groups in total. The largest absolute Gasteiger partial charge is 0.478 e. The second-order valence-corrected chi connectivity index (χ2v) is 3.10. The number of cyclic esters (lactones) is 1. The highest BCUT2D eigenvalue weighted by Gasteiger charge is 2.41. The molecule has 5 nitrogen and oxygen atoms in total. The molecule has 2 rings (SSSR count). The zero-order chi connectivity index (χ0) is 9.42. The Bertz CT molecular complexity index is 297. The van der Waals surface area contributed by atoms with Crippen molar-refractivity contribution in [3.63, 3.8) is 0 Å². The van der Waals surface area contributed by atoms with Crippen LogP contribution in [0.15, 0.2) is 11.8 Å². The van der Waals surface area contributed by atoms with Crippen LogP contribution in [0.25, 0.3) is 0 Å². The summed E-state index contributed by atoms with van der Waals surface area (Å²) in [6.07, 6.45) is 2.25. The molecule has 0 unspecified atom stereocenters. The number of nitrogens with zero attached hydrogens (tertiary/aromatic N) is 1. The van der Waals surface area contributed by atoms with Crippen molar-refractivity contribution >= 4 is 12.1 Å². The van der Waals surface area contributed by atoms with Crippen molar-refractivity contribution in [1.82, 2.24) is 4.90 Å². The van der Waals surface area contributed by atoms with Gasteiger partial charge < -0.3 is 9.84 Å². The molecule has 0 saturated carbocycles. The maximum atomic E-state index is 11.1. The molecule has 0 aliphatic carbocycles. The summed E-state index contributed by atoms with van der Waals surface area (Å²) in [5, 5.41) is 8.49. The van der Waals surface area contributed by atoms with Gasteiger partial charge in [-0.2, -0.15) is 0 Å². The van der Waals surface area contributed by atoms with Crippen molar-refractivity contribution in [2.45, 2.75) is 18.9 Å². The number of aliphatic carboxylic acids is 1. The zero-order valence-electron chi connectivity index (χ0n) is 6.90. The summed E-state index contributed by atoms with van der Waals surface area (Å²) >= 11 is 0. The van der Waals surface area contributed by atoms with Gasteiger partial charge in [0, 0.05) is 6.54 Å². The van der Waals surface area contributed by atoms with Crippen LogP contribution in [0.1, 0.15) is 12.8 Å². The van der Waals surface area contributed by atoms with Crippen molar-refractivity contribution in [1.29, 1.82) is 0 Å². The number of carbonyl (C=O) groups is 2. The number of ether oxygens (including phenoxy) is 1. The second-order valence-electron chi connectivity index (χ2n) is 3.10. The number of amides is 1. The average molecular weight is 183 g/mol. The van der Waals surface area contributed by atoms with Gasteiger partial charge >= 0.3 is 12.1 Å². The van der Waals surface area contributed by atoms with E-state index in [1.165, 1.54) is 0 Å². The van der Waals surface area contributed by atoms with E-state index in [-0.39, 0.29) is 11.8 Å². The smallest absolute Gasteiger partial charge is 0.415 e. The Morgan fingerprint density at radius 2 is 2.46 bits per heavy atom. The normalized spacial score (nSPS) is 29.2. The van der Waals surface area contributed by atoms with Crippen molar-refractivity contribution in [2.75, 3.05) is 6.54 Å². The van der Waals surface area contributed by atoms with Crippen molar-refractivity contribution < 1.29 is 19.4 Å². The van der Waals surface area contributed by atoms with Gasteiger partial charge in [0.15, 0.2) is 0 Å². The number of fused-ring (bicyclic) bond motifs is 1. The van der Waals surface area contributed by atoms with Crippen LogP contribution < -0.4 is 0 Å². The number of carbonyl (C=O) groups excluding carboxylic acids is 1. The molecule has 1 atom stereocenters. The summed E-state index contributed by atoms with van der Waals surface area (Å²) in [6.45, 7) is 0.667. The first kappa shape index (κ1) is 8.10. The Hall–Kier alpha value is -1.52. The van der Waals surface area contributed by atoms with Gasteiger partial charge in [0.2, 0.25) is 0 Å². The second kappa shape index (κ2) is 2.76. The minimum absolute atomic E-state index is 0.136. The molecule has 0 bridgehead atoms. The standard InChI is InChI=1S/C8H9NO4/c10-7(11)4-6-5-2-1-3-9(5)8(12)13-6/h4-5H,1-3H2,(H,10,11)/b6-4+/t5-/m1/s1. The molecule has 2 heterocycles. The quantitative estimate of drug-likeness (QED) is 0.603. The summed E-state index contributed by atoms with van der Waals surface area (Å²) in [4.78, 5) is 23.0. The van der Waals surface area contributed by atoms with Crippen molar-refractivity contribution in [2.24, 2.45) is 0 Å². The Balaban J connectivity index is 2.24. The fraction of sp³-hybridized carbons (Fsp3) is 0.500.